The predicted molar refractivity (Wildman–Crippen MR) is 151 cm³/mol. The summed E-state index contributed by atoms with van der Waals surface area (Å²) in [5.41, 5.74) is 3.85. The number of para-hydroxylation sites is 2. The van der Waals surface area contributed by atoms with Crippen molar-refractivity contribution in [3.05, 3.63) is 89.6 Å². The fraction of sp³-hybridized carbons (Fsp3) is 0.226. The van der Waals surface area contributed by atoms with Crippen molar-refractivity contribution < 1.29 is 19.2 Å². The van der Waals surface area contributed by atoms with Crippen LogP contribution in [0.1, 0.15) is 23.6 Å². The van der Waals surface area contributed by atoms with Gasteiger partial charge in [-0.2, -0.15) is 0 Å². The first kappa shape index (κ1) is 24.3. The fourth-order valence-electron chi connectivity index (χ4n) is 6.84. The monoisotopic (exact) mass is 533 g/mol. The lowest BCUT2D eigenvalue weighted by Gasteiger charge is -2.29. The zero-order chi connectivity index (χ0) is 27.8. The van der Waals surface area contributed by atoms with Crippen LogP contribution >= 0.6 is 0 Å². The molecular weight excluding hydrogens is 506 g/mol. The van der Waals surface area contributed by atoms with Crippen LogP contribution in [0.25, 0.3) is 10.9 Å². The Labute approximate surface area is 229 Å². The van der Waals surface area contributed by atoms with E-state index >= 15 is 0 Å². The highest BCUT2D eigenvalue weighted by Crippen LogP contribution is 2.54. The number of hydrogen-bond donors (Lipinski definition) is 4. The van der Waals surface area contributed by atoms with Gasteiger partial charge in [-0.05, 0) is 54.8 Å². The second-order valence-electron chi connectivity index (χ2n) is 10.8. The molecule has 2 fully saturated rings. The molecule has 4 N–H and O–H groups in total. The molecule has 0 radical (unpaired) electrons. The predicted octanol–water partition coefficient (Wildman–Crippen LogP) is 3.60. The Morgan fingerprint density at radius 3 is 2.52 bits per heavy atom. The van der Waals surface area contributed by atoms with Crippen LogP contribution in [0, 0.1) is 18.8 Å². The number of aryl methyl sites for hydroxylation is 1. The average Bonchev–Trinajstić information content (AvgIpc) is 3.64. The molecule has 2 saturated heterocycles. The van der Waals surface area contributed by atoms with Crippen LogP contribution in [-0.4, -0.2) is 34.7 Å². The molecule has 3 aromatic carbocycles. The average molecular weight is 534 g/mol. The smallest absolute Gasteiger partial charge is 0.250 e. The highest BCUT2D eigenvalue weighted by molar-refractivity contribution is 6.26. The molecule has 0 saturated carbocycles. The second kappa shape index (κ2) is 8.62. The first-order valence-corrected chi connectivity index (χ1v) is 13.3. The topological polar surface area (TPSA) is 123 Å². The number of imide groups is 1. The molecule has 9 heteroatoms. The first-order valence-electron chi connectivity index (χ1n) is 13.3. The van der Waals surface area contributed by atoms with Gasteiger partial charge in [0, 0.05) is 47.0 Å². The van der Waals surface area contributed by atoms with E-state index in [1.165, 1.54) is 11.8 Å². The fourth-order valence-corrected chi connectivity index (χ4v) is 6.84. The molecule has 200 valence electrons. The molecule has 7 rings (SSSR count). The number of carbonyl (C=O) groups excluding carboxylic acids is 4. The summed E-state index contributed by atoms with van der Waals surface area (Å²) in [5.74, 6) is -2.98. The maximum absolute atomic E-state index is 14.2. The lowest BCUT2D eigenvalue weighted by molar-refractivity contribution is -0.130. The number of fused-ring (bicyclic) bond motifs is 5. The number of rotatable bonds is 4. The summed E-state index contributed by atoms with van der Waals surface area (Å²) < 4.78 is 0. The third-order valence-corrected chi connectivity index (χ3v) is 8.52. The van der Waals surface area contributed by atoms with Gasteiger partial charge in [-0.15, -0.1) is 0 Å². The summed E-state index contributed by atoms with van der Waals surface area (Å²) in [7, 11) is 0. The number of hydrogen-bond acceptors (Lipinski definition) is 5. The maximum Gasteiger partial charge on any atom is 0.250 e. The normalized spacial score (nSPS) is 25.0. The van der Waals surface area contributed by atoms with Gasteiger partial charge in [0.2, 0.25) is 23.6 Å². The molecular formula is C31H27N5O4. The van der Waals surface area contributed by atoms with Crippen LogP contribution in [0.5, 0.6) is 0 Å². The molecule has 4 aromatic rings. The van der Waals surface area contributed by atoms with E-state index < -0.39 is 29.3 Å². The summed E-state index contributed by atoms with van der Waals surface area (Å²) in [6, 6.07) is 19.7. The number of benzene rings is 3. The van der Waals surface area contributed by atoms with E-state index in [2.05, 4.69) is 20.9 Å². The summed E-state index contributed by atoms with van der Waals surface area (Å²) in [5, 5.41) is 10.3. The third-order valence-electron chi connectivity index (χ3n) is 8.52. The second-order valence-corrected chi connectivity index (χ2v) is 10.8. The molecule has 4 amide bonds. The van der Waals surface area contributed by atoms with Gasteiger partial charge >= 0.3 is 0 Å². The van der Waals surface area contributed by atoms with Crippen LogP contribution in [0.2, 0.25) is 0 Å². The number of anilines is 3. The van der Waals surface area contributed by atoms with Gasteiger partial charge in [-0.3, -0.25) is 24.5 Å². The van der Waals surface area contributed by atoms with Crippen LogP contribution in [0.15, 0.2) is 72.9 Å². The van der Waals surface area contributed by atoms with Crippen LogP contribution < -0.4 is 20.9 Å². The van der Waals surface area contributed by atoms with E-state index in [4.69, 9.17) is 0 Å². The molecule has 0 bridgehead atoms. The minimum absolute atomic E-state index is 0.218. The van der Waals surface area contributed by atoms with Gasteiger partial charge in [-0.1, -0.05) is 36.4 Å². The van der Waals surface area contributed by atoms with Gasteiger partial charge in [0.15, 0.2) is 0 Å². The van der Waals surface area contributed by atoms with Crippen molar-refractivity contribution in [2.24, 2.45) is 11.8 Å². The number of carbonyl (C=O) groups is 4. The van der Waals surface area contributed by atoms with E-state index in [0.717, 1.165) is 22.0 Å². The number of nitrogens with zero attached hydrogens (tertiary/aromatic N) is 1. The van der Waals surface area contributed by atoms with Crippen LogP contribution in [0.4, 0.5) is 17.1 Å². The van der Waals surface area contributed by atoms with Crippen LogP contribution in [0.3, 0.4) is 0 Å². The van der Waals surface area contributed by atoms with Gasteiger partial charge in [0.1, 0.15) is 5.54 Å². The van der Waals surface area contributed by atoms with E-state index in [9.17, 15) is 19.2 Å². The van der Waals surface area contributed by atoms with Gasteiger partial charge < -0.3 is 15.6 Å². The van der Waals surface area contributed by atoms with Crippen molar-refractivity contribution in [2.75, 3.05) is 15.5 Å². The minimum Gasteiger partial charge on any atom is -0.361 e. The summed E-state index contributed by atoms with van der Waals surface area (Å²) >= 11 is 0. The van der Waals surface area contributed by atoms with Gasteiger partial charge in [-0.25, -0.2) is 4.90 Å². The van der Waals surface area contributed by atoms with Crippen molar-refractivity contribution in [3.63, 3.8) is 0 Å². The zero-order valence-electron chi connectivity index (χ0n) is 21.9. The standard InChI is InChI=1S/C31H27N5O4/c1-16-6-5-8-22-27(16)34-30(40)31(22)26-25(24(35-31)14-18-15-32-23-9-4-3-7-21(18)23)28(38)36(29(26)39)20-12-10-19(11-13-20)33-17(2)37/h3-13,15,24-26,32,35H,14H2,1-2H3,(H,33,37)(H,34,40)/t24-,25+,26-,31+/m0/s1. The van der Waals surface area contributed by atoms with E-state index in [-0.39, 0.29) is 17.7 Å². The Bertz CT molecular complexity index is 1740. The minimum atomic E-state index is -1.37. The van der Waals surface area contributed by atoms with E-state index in [0.29, 0.717) is 29.0 Å². The Balaban J connectivity index is 1.34. The molecule has 3 aliphatic heterocycles. The number of nitrogens with one attached hydrogen (secondary N) is 4. The Morgan fingerprint density at radius 1 is 0.975 bits per heavy atom. The van der Waals surface area contributed by atoms with Crippen molar-refractivity contribution in [1.82, 2.24) is 10.3 Å². The van der Waals surface area contributed by atoms with Gasteiger partial charge in [0.25, 0.3) is 0 Å². The molecule has 1 aromatic heterocycles. The summed E-state index contributed by atoms with van der Waals surface area (Å²) in [6.07, 6.45) is 2.38. The Hall–Kier alpha value is -4.76. The quantitative estimate of drug-likeness (QED) is 0.299. The van der Waals surface area contributed by atoms with Crippen molar-refractivity contribution in [1.29, 1.82) is 0 Å². The zero-order valence-corrected chi connectivity index (χ0v) is 21.9. The van der Waals surface area contributed by atoms with Crippen molar-refractivity contribution in [2.45, 2.75) is 31.8 Å². The van der Waals surface area contributed by atoms with E-state index in [1.54, 1.807) is 24.3 Å². The molecule has 9 nitrogen and oxygen atoms in total. The number of aromatic nitrogens is 1. The lowest BCUT2D eigenvalue weighted by Crippen LogP contribution is -2.53. The Kier molecular flexibility index (Phi) is 5.24. The number of H-pyrrole nitrogens is 1. The largest absolute Gasteiger partial charge is 0.361 e. The van der Waals surface area contributed by atoms with Gasteiger partial charge in [0.05, 0.1) is 17.5 Å². The summed E-state index contributed by atoms with van der Waals surface area (Å²) in [6.45, 7) is 3.33. The number of aromatic amines is 1. The maximum atomic E-state index is 14.2. The SMILES string of the molecule is CC(=O)Nc1ccc(N2C(=O)[C@@H]3[C@H](Cc4c[nH]c5ccccc45)N[C@@]4(C(=O)Nc5c(C)cccc54)[C@@H]3C2=O)cc1. The molecule has 40 heavy (non-hydrogen) atoms. The van der Waals surface area contributed by atoms with Crippen molar-refractivity contribution in [3.8, 4) is 0 Å². The first-order chi connectivity index (χ1) is 19.3. The highest BCUT2D eigenvalue weighted by atomic mass is 16.2. The molecule has 4 atom stereocenters. The molecule has 1 spiro atoms. The van der Waals surface area contributed by atoms with E-state index in [1.807, 2.05) is 55.6 Å². The highest BCUT2D eigenvalue weighted by Gasteiger charge is 2.70. The molecule has 0 aliphatic carbocycles. The molecule has 0 unspecified atom stereocenters. The molecule has 3 aliphatic rings. The molecule has 4 heterocycles. The number of amides is 4. The van der Waals surface area contributed by atoms with Crippen LogP contribution in [-0.2, 0) is 31.1 Å². The lowest BCUT2D eigenvalue weighted by atomic mass is 9.76. The van der Waals surface area contributed by atoms with Crippen molar-refractivity contribution >= 4 is 51.6 Å². The summed E-state index contributed by atoms with van der Waals surface area (Å²) in [4.78, 5) is 58.2. The Morgan fingerprint density at radius 2 is 1.75 bits per heavy atom. The third kappa shape index (κ3) is 3.31.